The van der Waals surface area contributed by atoms with E-state index in [0.29, 0.717) is 18.5 Å². The van der Waals surface area contributed by atoms with Crippen molar-refractivity contribution in [3.63, 3.8) is 0 Å². The maximum absolute atomic E-state index is 10.6. The Labute approximate surface area is 112 Å². The van der Waals surface area contributed by atoms with Crippen LogP contribution in [-0.2, 0) is 6.54 Å². The van der Waals surface area contributed by atoms with E-state index in [2.05, 4.69) is 24.1 Å². The van der Waals surface area contributed by atoms with Gasteiger partial charge < -0.3 is 10.2 Å². The molecule has 0 aliphatic heterocycles. The number of nitrogens with zero attached hydrogens (tertiary/aromatic N) is 2. The van der Waals surface area contributed by atoms with Crippen molar-refractivity contribution in [2.24, 2.45) is 5.92 Å². The fourth-order valence-electron chi connectivity index (χ4n) is 1.70. The summed E-state index contributed by atoms with van der Waals surface area (Å²) in [5.74, 6) is 0.530. The lowest BCUT2D eigenvalue weighted by Gasteiger charge is -2.25. The summed E-state index contributed by atoms with van der Waals surface area (Å²) in [7, 11) is 4.10. The van der Waals surface area contributed by atoms with Crippen LogP contribution in [0, 0.1) is 16.0 Å². The third-order valence-corrected chi connectivity index (χ3v) is 3.77. The molecular weight excluding hydrogens is 250 g/mol. The van der Waals surface area contributed by atoms with Gasteiger partial charge in [0.1, 0.15) is 0 Å². The summed E-state index contributed by atoms with van der Waals surface area (Å²) in [6, 6.07) is 3.78. The molecule has 0 aliphatic rings. The van der Waals surface area contributed by atoms with Gasteiger partial charge in [0, 0.05) is 30.1 Å². The maximum atomic E-state index is 10.6. The van der Waals surface area contributed by atoms with Gasteiger partial charge >= 0.3 is 5.00 Å². The minimum absolute atomic E-state index is 0.209. The fraction of sp³-hybridized carbons (Fsp3) is 0.667. The summed E-state index contributed by atoms with van der Waals surface area (Å²) < 4.78 is 0. The normalized spacial score (nSPS) is 13.2. The fourth-order valence-corrected chi connectivity index (χ4v) is 2.47. The molecular formula is C12H21N3O2S. The summed E-state index contributed by atoms with van der Waals surface area (Å²) in [5.41, 5.74) is 0. The molecule has 1 aromatic heterocycles. The molecule has 0 bridgehead atoms. The Morgan fingerprint density at radius 2 is 2.11 bits per heavy atom. The number of thiophene rings is 1. The molecule has 0 saturated carbocycles. The minimum atomic E-state index is -0.339. The molecule has 0 spiro atoms. The summed E-state index contributed by atoms with van der Waals surface area (Å²) in [6.45, 7) is 6.01. The monoisotopic (exact) mass is 271 g/mol. The van der Waals surface area contributed by atoms with Gasteiger partial charge in [0.15, 0.2) is 0 Å². The van der Waals surface area contributed by atoms with E-state index >= 15 is 0 Å². The first-order valence-corrected chi connectivity index (χ1v) is 6.83. The van der Waals surface area contributed by atoms with Gasteiger partial charge in [-0.05, 0) is 26.1 Å². The Bertz CT molecular complexity index is 390. The topological polar surface area (TPSA) is 58.4 Å². The zero-order valence-corrected chi connectivity index (χ0v) is 12.2. The Morgan fingerprint density at radius 1 is 1.44 bits per heavy atom. The Morgan fingerprint density at radius 3 is 2.56 bits per heavy atom. The van der Waals surface area contributed by atoms with Crippen LogP contribution >= 0.6 is 11.3 Å². The average Bonchev–Trinajstić information content (AvgIpc) is 2.72. The Hall–Kier alpha value is -0.980. The highest BCUT2D eigenvalue weighted by Gasteiger charge is 2.15. The lowest BCUT2D eigenvalue weighted by Crippen LogP contribution is -2.41. The van der Waals surface area contributed by atoms with Crippen LogP contribution < -0.4 is 5.32 Å². The van der Waals surface area contributed by atoms with E-state index in [1.807, 2.05) is 20.2 Å². The van der Waals surface area contributed by atoms with E-state index < -0.39 is 0 Å². The van der Waals surface area contributed by atoms with Crippen molar-refractivity contribution in [2.45, 2.75) is 26.4 Å². The van der Waals surface area contributed by atoms with Crippen LogP contribution in [0.15, 0.2) is 12.1 Å². The second-order valence-electron chi connectivity index (χ2n) is 4.99. The summed E-state index contributed by atoms with van der Waals surface area (Å²) in [4.78, 5) is 13.4. The first-order chi connectivity index (χ1) is 8.40. The van der Waals surface area contributed by atoms with Crippen LogP contribution in [0.3, 0.4) is 0 Å². The summed E-state index contributed by atoms with van der Waals surface area (Å²) >= 11 is 1.24. The van der Waals surface area contributed by atoms with Gasteiger partial charge in [-0.1, -0.05) is 25.2 Å². The van der Waals surface area contributed by atoms with Crippen LogP contribution in [0.2, 0.25) is 0 Å². The maximum Gasteiger partial charge on any atom is 0.324 e. The number of rotatable bonds is 7. The molecule has 0 aliphatic carbocycles. The third kappa shape index (κ3) is 4.72. The van der Waals surface area contributed by atoms with E-state index in [1.165, 1.54) is 11.3 Å². The molecule has 0 radical (unpaired) electrons. The van der Waals surface area contributed by atoms with Crippen molar-refractivity contribution in [2.75, 3.05) is 20.6 Å². The molecule has 102 valence electrons. The second-order valence-corrected chi connectivity index (χ2v) is 6.14. The first kappa shape index (κ1) is 15.1. The molecule has 1 atom stereocenters. The number of nitrogens with one attached hydrogen (secondary N) is 1. The van der Waals surface area contributed by atoms with Gasteiger partial charge in [-0.15, -0.1) is 0 Å². The standard InChI is InChI=1S/C12H21N3O2S/c1-9(2)11(8-14(3)4)13-7-10-5-6-12(18-10)15(16)17/h5-6,9,11,13H,7-8H2,1-4H3. The van der Waals surface area contributed by atoms with Gasteiger partial charge in [0.25, 0.3) is 0 Å². The molecule has 1 rings (SSSR count). The number of likely N-dealkylation sites (N-methyl/N-ethyl adjacent to an activating group) is 1. The van der Waals surface area contributed by atoms with Crippen molar-refractivity contribution in [3.05, 3.63) is 27.1 Å². The van der Waals surface area contributed by atoms with Crippen molar-refractivity contribution < 1.29 is 4.92 Å². The smallest absolute Gasteiger partial charge is 0.308 e. The molecule has 6 heteroatoms. The molecule has 5 nitrogen and oxygen atoms in total. The quantitative estimate of drug-likeness (QED) is 0.611. The molecule has 1 unspecified atom stereocenters. The van der Waals surface area contributed by atoms with E-state index in [0.717, 1.165) is 11.4 Å². The lowest BCUT2D eigenvalue weighted by molar-refractivity contribution is -0.380. The molecule has 0 fully saturated rings. The van der Waals surface area contributed by atoms with Gasteiger partial charge in [-0.2, -0.15) is 0 Å². The first-order valence-electron chi connectivity index (χ1n) is 6.01. The number of hydrogen-bond donors (Lipinski definition) is 1. The van der Waals surface area contributed by atoms with Gasteiger partial charge in [-0.25, -0.2) is 0 Å². The molecule has 1 heterocycles. The van der Waals surface area contributed by atoms with Crippen LogP contribution in [0.1, 0.15) is 18.7 Å². The molecule has 0 amide bonds. The highest BCUT2D eigenvalue weighted by molar-refractivity contribution is 7.15. The van der Waals surface area contributed by atoms with Crippen molar-refractivity contribution in [1.29, 1.82) is 0 Å². The SMILES string of the molecule is CC(C)C(CN(C)C)NCc1ccc([N+](=O)[O-])s1. The second kappa shape index (κ2) is 6.82. The van der Waals surface area contributed by atoms with Gasteiger partial charge in [0.05, 0.1) is 4.92 Å². The van der Waals surface area contributed by atoms with Crippen molar-refractivity contribution in [3.8, 4) is 0 Å². The molecule has 18 heavy (non-hydrogen) atoms. The number of hydrogen-bond acceptors (Lipinski definition) is 5. The predicted molar refractivity (Wildman–Crippen MR) is 75.0 cm³/mol. The average molecular weight is 271 g/mol. The lowest BCUT2D eigenvalue weighted by atomic mass is 10.0. The largest absolute Gasteiger partial charge is 0.324 e. The van der Waals surface area contributed by atoms with E-state index in [1.54, 1.807) is 6.07 Å². The zero-order chi connectivity index (χ0) is 13.7. The van der Waals surface area contributed by atoms with Crippen LogP contribution in [0.25, 0.3) is 0 Å². The number of nitro groups is 1. The van der Waals surface area contributed by atoms with Crippen LogP contribution in [0.5, 0.6) is 0 Å². The van der Waals surface area contributed by atoms with E-state index in [-0.39, 0.29) is 9.92 Å². The zero-order valence-electron chi connectivity index (χ0n) is 11.3. The predicted octanol–water partition coefficient (Wildman–Crippen LogP) is 2.33. The molecule has 0 saturated heterocycles. The molecule has 0 aromatic carbocycles. The van der Waals surface area contributed by atoms with Crippen molar-refractivity contribution >= 4 is 16.3 Å². The molecule has 1 N–H and O–H groups in total. The Kier molecular flexibility index (Phi) is 5.71. The minimum Gasteiger partial charge on any atom is -0.308 e. The van der Waals surface area contributed by atoms with Crippen LogP contribution in [-0.4, -0.2) is 36.5 Å². The highest BCUT2D eigenvalue weighted by Crippen LogP contribution is 2.23. The van der Waals surface area contributed by atoms with Crippen molar-refractivity contribution in [1.82, 2.24) is 10.2 Å². The van der Waals surface area contributed by atoms with Crippen LogP contribution in [0.4, 0.5) is 5.00 Å². The van der Waals surface area contributed by atoms with E-state index in [9.17, 15) is 10.1 Å². The summed E-state index contributed by atoms with van der Waals surface area (Å²) in [5, 5.41) is 14.3. The Balaban J connectivity index is 2.53. The van der Waals surface area contributed by atoms with Gasteiger partial charge in [-0.3, -0.25) is 10.1 Å². The molecule has 1 aromatic rings. The summed E-state index contributed by atoms with van der Waals surface area (Å²) in [6.07, 6.45) is 0. The third-order valence-electron chi connectivity index (χ3n) is 2.73. The van der Waals surface area contributed by atoms with E-state index in [4.69, 9.17) is 0 Å². The highest BCUT2D eigenvalue weighted by atomic mass is 32.1. The van der Waals surface area contributed by atoms with Gasteiger partial charge in [0.2, 0.25) is 0 Å².